The highest BCUT2D eigenvalue weighted by Gasteiger charge is 2.07. The van der Waals surface area contributed by atoms with E-state index in [2.05, 4.69) is 44.0 Å². The van der Waals surface area contributed by atoms with Gasteiger partial charge in [0.05, 0.1) is 6.04 Å². The lowest BCUT2D eigenvalue weighted by Gasteiger charge is -2.17. The van der Waals surface area contributed by atoms with Crippen molar-refractivity contribution in [1.82, 2.24) is 5.32 Å². The van der Waals surface area contributed by atoms with Crippen LogP contribution in [-0.4, -0.2) is 6.04 Å². The van der Waals surface area contributed by atoms with Gasteiger partial charge in [-0.1, -0.05) is 72.4 Å². The predicted molar refractivity (Wildman–Crippen MR) is 81.0 cm³/mol. The Morgan fingerprint density at radius 3 is 2.12 bits per heavy atom. The van der Waals surface area contributed by atoms with Crippen molar-refractivity contribution in [2.75, 3.05) is 0 Å². The van der Waals surface area contributed by atoms with Crippen LogP contribution in [0.3, 0.4) is 0 Å². The summed E-state index contributed by atoms with van der Waals surface area (Å²) in [6.07, 6.45) is 12.3. The molecule has 0 fully saturated rings. The van der Waals surface area contributed by atoms with Crippen LogP contribution in [0.2, 0.25) is 0 Å². The van der Waals surface area contributed by atoms with Crippen molar-refractivity contribution in [2.24, 2.45) is 5.92 Å². The zero-order valence-electron chi connectivity index (χ0n) is 12.3. The molecule has 0 radical (unpaired) electrons. The summed E-state index contributed by atoms with van der Waals surface area (Å²) in [5.74, 6) is 0.564. The number of hydrogen-bond acceptors (Lipinski definition) is 1. The van der Waals surface area contributed by atoms with Crippen LogP contribution in [0.25, 0.3) is 0 Å². The molecule has 1 atom stereocenters. The molecular weight excluding hydrogens is 206 g/mol. The van der Waals surface area contributed by atoms with Crippen LogP contribution in [0.5, 0.6) is 0 Å². The molecule has 1 heteroatoms. The fourth-order valence-electron chi connectivity index (χ4n) is 1.34. The van der Waals surface area contributed by atoms with Crippen LogP contribution in [0.15, 0.2) is 48.7 Å². The van der Waals surface area contributed by atoms with Gasteiger partial charge in [0.15, 0.2) is 0 Å². The molecule has 1 aliphatic rings. The minimum atomic E-state index is 0.296. The van der Waals surface area contributed by atoms with E-state index in [-0.39, 0.29) is 0 Å². The normalized spacial score (nSPS) is 17.4. The molecular formula is C16H29N. The third-order valence-electron chi connectivity index (χ3n) is 1.91. The van der Waals surface area contributed by atoms with E-state index in [1.165, 1.54) is 5.57 Å². The smallest absolute Gasteiger partial charge is 0.0692 e. The Labute approximate surface area is 108 Å². The van der Waals surface area contributed by atoms with E-state index in [4.69, 9.17) is 0 Å². The summed E-state index contributed by atoms with van der Waals surface area (Å²) in [6.45, 7) is 16.2. The second-order valence-electron chi connectivity index (χ2n) is 3.50. The van der Waals surface area contributed by atoms with Gasteiger partial charge in [0.2, 0.25) is 0 Å². The Morgan fingerprint density at radius 1 is 1.18 bits per heavy atom. The highest BCUT2D eigenvalue weighted by Crippen LogP contribution is 2.11. The summed E-state index contributed by atoms with van der Waals surface area (Å²) in [5, 5.41) is 3.27. The first-order chi connectivity index (χ1) is 8.24. The van der Waals surface area contributed by atoms with Crippen LogP contribution in [0.4, 0.5) is 0 Å². The maximum Gasteiger partial charge on any atom is 0.0692 e. The second-order valence-corrected chi connectivity index (χ2v) is 3.50. The number of dihydropyridines is 1. The highest BCUT2D eigenvalue weighted by molar-refractivity contribution is 5.31. The average Bonchev–Trinajstić information content (AvgIpc) is 2.41. The quantitative estimate of drug-likeness (QED) is 0.690. The molecule has 0 bridgehead atoms. The zero-order valence-corrected chi connectivity index (χ0v) is 12.3. The third-order valence-corrected chi connectivity index (χ3v) is 1.91. The summed E-state index contributed by atoms with van der Waals surface area (Å²) in [6, 6.07) is 0.296. The molecule has 1 N–H and O–H groups in total. The van der Waals surface area contributed by atoms with Crippen LogP contribution >= 0.6 is 0 Å². The van der Waals surface area contributed by atoms with Crippen molar-refractivity contribution < 1.29 is 0 Å². The van der Waals surface area contributed by atoms with Crippen molar-refractivity contribution >= 4 is 0 Å². The molecule has 98 valence electrons. The molecule has 0 aromatic carbocycles. The first kappa shape index (κ1) is 18.1. The van der Waals surface area contributed by atoms with E-state index in [0.717, 1.165) is 0 Å². The molecule has 17 heavy (non-hydrogen) atoms. The van der Waals surface area contributed by atoms with Gasteiger partial charge in [-0.3, -0.25) is 0 Å². The lowest BCUT2D eigenvalue weighted by molar-refractivity contribution is 0.763. The summed E-state index contributed by atoms with van der Waals surface area (Å²) >= 11 is 0. The van der Waals surface area contributed by atoms with Gasteiger partial charge < -0.3 is 5.32 Å². The molecule has 1 unspecified atom stereocenters. The molecule has 1 aliphatic heterocycles. The summed E-state index contributed by atoms with van der Waals surface area (Å²) in [4.78, 5) is 0. The van der Waals surface area contributed by atoms with Crippen molar-refractivity contribution in [3.63, 3.8) is 0 Å². The first-order valence-corrected chi connectivity index (χ1v) is 6.67. The van der Waals surface area contributed by atoms with Gasteiger partial charge in [0, 0.05) is 0 Å². The Kier molecular flexibility index (Phi) is 13.7. The first-order valence-electron chi connectivity index (χ1n) is 6.67. The van der Waals surface area contributed by atoms with Gasteiger partial charge in [-0.05, 0) is 23.8 Å². The molecule has 0 amide bonds. The fraction of sp³-hybridized carbons (Fsp3) is 0.500. The fourth-order valence-corrected chi connectivity index (χ4v) is 1.34. The van der Waals surface area contributed by atoms with Gasteiger partial charge in [-0.25, -0.2) is 0 Å². The van der Waals surface area contributed by atoms with Gasteiger partial charge in [-0.15, -0.1) is 0 Å². The van der Waals surface area contributed by atoms with Crippen LogP contribution < -0.4 is 5.32 Å². The van der Waals surface area contributed by atoms with Crippen LogP contribution in [0.1, 0.15) is 41.5 Å². The third kappa shape index (κ3) is 8.56. The monoisotopic (exact) mass is 235 g/mol. The summed E-state index contributed by atoms with van der Waals surface area (Å²) in [5.41, 5.74) is 1.25. The molecule has 0 spiro atoms. The second kappa shape index (κ2) is 12.8. The van der Waals surface area contributed by atoms with Crippen molar-refractivity contribution in [1.29, 1.82) is 0 Å². The van der Waals surface area contributed by atoms with Crippen molar-refractivity contribution in [3.05, 3.63) is 48.7 Å². The standard InChI is InChI=1S/C12H17N.2C2H6/c1-4-11(9-10(2)3)12-7-5-6-8-13-12;2*1-2/h4-10,12-13H,1H2,2-3H3;2*1-2H3/b11-9+;;. The number of rotatable bonds is 3. The summed E-state index contributed by atoms with van der Waals surface area (Å²) < 4.78 is 0. The maximum atomic E-state index is 3.82. The SMILES string of the molecule is C=C/C(=C\C(C)C)C1C=CC=CN1.CC.CC. The van der Waals surface area contributed by atoms with Gasteiger partial charge in [0.1, 0.15) is 0 Å². The molecule has 0 aromatic rings. The van der Waals surface area contributed by atoms with Gasteiger partial charge >= 0.3 is 0 Å². The Morgan fingerprint density at radius 2 is 1.76 bits per heavy atom. The van der Waals surface area contributed by atoms with Crippen LogP contribution in [-0.2, 0) is 0 Å². The predicted octanol–water partition coefficient (Wildman–Crippen LogP) is 4.85. The minimum Gasteiger partial charge on any atom is -0.381 e. The molecule has 0 aromatic heterocycles. The van der Waals surface area contributed by atoms with Crippen molar-refractivity contribution in [3.8, 4) is 0 Å². The number of allylic oxidation sites excluding steroid dienone is 3. The van der Waals surface area contributed by atoms with E-state index in [1.54, 1.807) is 0 Å². The van der Waals surface area contributed by atoms with E-state index >= 15 is 0 Å². The largest absolute Gasteiger partial charge is 0.381 e. The Bertz CT molecular complexity index is 257. The maximum absolute atomic E-state index is 3.82. The average molecular weight is 235 g/mol. The van der Waals surface area contributed by atoms with Gasteiger partial charge in [0.25, 0.3) is 0 Å². The molecule has 0 aliphatic carbocycles. The minimum absolute atomic E-state index is 0.296. The van der Waals surface area contributed by atoms with E-state index in [0.29, 0.717) is 12.0 Å². The van der Waals surface area contributed by atoms with E-state index < -0.39 is 0 Å². The number of hydrogen-bond donors (Lipinski definition) is 1. The summed E-state index contributed by atoms with van der Waals surface area (Å²) in [7, 11) is 0. The van der Waals surface area contributed by atoms with E-state index in [9.17, 15) is 0 Å². The topological polar surface area (TPSA) is 12.0 Å². The molecule has 1 heterocycles. The Hall–Kier alpha value is -1.24. The molecule has 0 saturated heterocycles. The molecule has 1 rings (SSSR count). The zero-order chi connectivity index (χ0) is 13.7. The highest BCUT2D eigenvalue weighted by atomic mass is 14.9. The lowest BCUT2D eigenvalue weighted by Crippen LogP contribution is -2.25. The Balaban J connectivity index is 0. The van der Waals surface area contributed by atoms with Crippen LogP contribution in [0, 0.1) is 5.92 Å². The van der Waals surface area contributed by atoms with Gasteiger partial charge in [-0.2, -0.15) is 0 Å². The van der Waals surface area contributed by atoms with E-state index in [1.807, 2.05) is 46.0 Å². The van der Waals surface area contributed by atoms with Crippen molar-refractivity contribution in [2.45, 2.75) is 47.6 Å². The lowest BCUT2D eigenvalue weighted by atomic mass is 10.0. The number of nitrogens with one attached hydrogen (secondary N) is 1. The molecule has 0 saturated carbocycles. The molecule has 1 nitrogen and oxygen atoms in total.